The maximum atomic E-state index is 11.4. The lowest BCUT2D eigenvalue weighted by atomic mass is 10.2. The van der Waals surface area contributed by atoms with Crippen LogP contribution in [-0.2, 0) is 11.2 Å². The third kappa shape index (κ3) is 4.04. The molecule has 2 rings (SSSR count). The Morgan fingerprint density at radius 3 is 2.80 bits per heavy atom. The summed E-state index contributed by atoms with van der Waals surface area (Å²) in [4.78, 5) is 15.6. The molecule has 0 bridgehead atoms. The van der Waals surface area contributed by atoms with Crippen LogP contribution in [0.2, 0.25) is 5.02 Å². The highest BCUT2D eigenvalue weighted by Crippen LogP contribution is 2.18. The fourth-order valence-electron chi connectivity index (χ4n) is 1.58. The summed E-state index contributed by atoms with van der Waals surface area (Å²) >= 11 is 5.80. The Bertz CT molecular complexity index is 568. The smallest absolute Gasteiger partial charge is 0.227 e. The summed E-state index contributed by atoms with van der Waals surface area (Å²) in [6.45, 7) is 0.172. The maximum absolute atomic E-state index is 11.4. The van der Waals surface area contributed by atoms with Gasteiger partial charge in [0.25, 0.3) is 0 Å². The molecule has 0 saturated carbocycles. The van der Waals surface area contributed by atoms with Crippen LogP contribution in [0.15, 0.2) is 28.8 Å². The summed E-state index contributed by atoms with van der Waals surface area (Å²) in [5.41, 5.74) is 0.800. The minimum atomic E-state index is -0.162. The number of nitrogens with zero attached hydrogens (tertiary/aromatic N) is 2. The molecule has 0 radical (unpaired) electrons. The molecule has 2 aromatic rings. The number of aromatic nitrogens is 2. The van der Waals surface area contributed by atoms with Crippen molar-refractivity contribution in [2.45, 2.75) is 12.8 Å². The summed E-state index contributed by atoms with van der Waals surface area (Å²) in [5, 5.41) is 15.6. The third-order valence-electron chi connectivity index (χ3n) is 2.57. The van der Waals surface area contributed by atoms with Crippen molar-refractivity contribution in [1.29, 1.82) is 0 Å². The van der Waals surface area contributed by atoms with Crippen molar-refractivity contribution >= 4 is 17.5 Å². The Morgan fingerprint density at radius 1 is 1.35 bits per heavy atom. The van der Waals surface area contributed by atoms with Crippen LogP contribution in [0.25, 0.3) is 11.4 Å². The van der Waals surface area contributed by atoms with Crippen LogP contribution >= 0.6 is 11.6 Å². The second kappa shape index (κ2) is 7.02. The van der Waals surface area contributed by atoms with E-state index in [0.29, 0.717) is 23.2 Å². The minimum Gasteiger partial charge on any atom is -0.395 e. The number of nitrogens with one attached hydrogen (secondary N) is 1. The third-order valence-corrected chi connectivity index (χ3v) is 2.82. The van der Waals surface area contributed by atoms with Crippen molar-refractivity contribution in [3.05, 3.63) is 35.2 Å². The van der Waals surface area contributed by atoms with Gasteiger partial charge in [-0.3, -0.25) is 4.79 Å². The molecule has 1 aromatic carbocycles. The molecule has 2 N–H and O–H groups in total. The fraction of sp³-hybridized carbons (Fsp3) is 0.308. The van der Waals surface area contributed by atoms with Gasteiger partial charge in [0.05, 0.1) is 6.61 Å². The van der Waals surface area contributed by atoms with Gasteiger partial charge in [-0.25, -0.2) is 0 Å². The molecule has 7 heteroatoms. The number of halogens is 1. The first-order chi connectivity index (χ1) is 9.69. The van der Waals surface area contributed by atoms with Crippen LogP contribution in [0.4, 0.5) is 0 Å². The van der Waals surface area contributed by atoms with E-state index < -0.39 is 0 Å². The van der Waals surface area contributed by atoms with Gasteiger partial charge in [0, 0.05) is 30.0 Å². The van der Waals surface area contributed by atoms with Crippen molar-refractivity contribution in [3.63, 3.8) is 0 Å². The molecule has 6 nitrogen and oxygen atoms in total. The van der Waals surface area contributed by atoms with E-state index in [1.165, 1.54) is 0 Å². The van der Waals surface area contributed by atoms with Crippen LogP contribution in [0.5, 0.6) is 0 Å². The number of aryl methyl sites for hydroxylation is 1. The van der Waals surface area contributed by atoms with Crippen molar-refractivity contribution < 1.29 is 14.4 Å². The number of amides is 1. The highest BCUT2D eigenvalue weighted by atomic mass is 35.5. The molecule has 0 aliphatic heterocycles. The molecular formula is C13H14ClN3O3. The Labute approximate surface area is 120 Å². The minimum absolute atomic E-state index is 0.0764. The number of rotatable bonds is 6. The molecular weight excluding hydrogens is 282 g/mol. The average molecular weight is 296 g/mol. The number of carbonyl (C=O) groups excluding carboxylic acids is 1. The van der Waals surface area contributed by atoms with E-state index in [1.54, 1.807) is 24.3 Å². The van der Waals surface area contributed by atoms with E-state index in [1.807, 2.05) is 0 Å². The fourth-order valence-corrected chi connectivity index (χ4v) is 1.70. The number of aliphatic hydroxyl groups is 1. The van der Waals surface area contributed by atoms with Gasteiger partial charge in [0.15, 0.2) is 0 Å². The lowest BCUT2D eigenvalue weighted by Gasteiger charge is -2.00. The van der Waals surface area contributed by atoms with E-state index in [4.69, 9.17) is 21.2 Å². The summed E-state index contributed by atoms with van der Waals surface area (Å²) in [6.07, 6.45) is 0.597. The molecule has 0 aliphatic rings. The Morgan fingerprint density at radius 2 is 2.10 bits per heavy atom. The first-order valence-corrected chi connectivity index (χ1v) is 6.53. The van der Waals surface area contributed by atoms with Crippen LogP contribution in [0.1, 0.15) is 12.3 Å². The molecule has 1 heterocycles. The normalized spacial score (nSPS) is 10.5. The van der Waals surface area contributed by atoms with E-state index in [0.717, 1.165) is 5.56 Å². The molecule has 1 amide bonds. The topological polar surface area (TPSA) is 88.2 Å². The summed E-state index contributed by atoms with van der Waals surface area (Å²) < 4.78 is 5.08. The summed E-state index contributed by atoms with van der Waals surface area (Å²) in [7, 11) is 0. The number of hydrogen-bond acceptors (Lipinski definition) is 5. The van der Waals surface area contributed by atoms with Gasteiger partial charge in [0.2, 0.25) is 17.6 Å². The van der Waals surface area contributed by atoms with Crippen molar-refractivity contribution in [2.24, 2.45) is 0 Å². The average Bonchev–Trinajstić information content (AvgIpc) is 2.92. The quantitative estimate of drug-likeness (QED) is 0.841. The van der Waals surface area contributed by atoms with Crippen molar-refractivity contribution in [3.8, 4) is 11.4 Å². The predicted octanol–water partition coefficient (Wildman–Crippen LogP) is 1.43. The molecule has 0 unspecified atom stereocenters. The first-order valence-electron chi connectivity index (χ1n) is 6.15. The first kappa shape index (κ1) is 14.5. The molecule has 0 fully saturated rings. The van der Waals surface area contributed by atoms with Crippen LogP contribution in [-0.4, -0.2) is 34.3 Å². The van der Waals surface area contributed by atoms with Gasteiger partial charge in [-0.2, -0.15) is 4.98 Å². The maximum Gasteiger partial charge on any atom is 0.227 e. The van der Waals surface area contributed by atoms with Gasteiger partial charge in [-0.15, -0.1) is 0 Å². The van der Waals surface area contributed by atoms with Gasteiger partial charge in [-0.1, -0.05) is 16.8 Å². The number of carbonyl (C=O) groups is 1. The Kier molecular flexibility index (Phi) is 5.09. The lowest BCUT2D eigenvalue weighted by Crippen LogP contribution is -2.26. The second-order valence-electron chi connectivity index (χ2n) is 4.09. The van der Waals surface area contributed by atoms with Crippen molar-refractivity contribution in [2.75, 3.05) is 13.2 Å². The zero-order chi connectivity index (χ0) is 14.4. The second-order valence-corrected chi connectivity index (χ2v) is 4.53. The van der Waals surface area contributed by atoms with Gasteiger partial charge in [0.1, 0.15) is 0 Å². The van der Waals surface area contributed by atoms with Gasteiger partial charge in [-0.05, 0) is 24.3 Å². The zero-order valence-corrected chi connectivity index (χ0v) is 11.4. The molecule has 0 spiro atoms. The predicted molar refractivity (Wildman–Crippen MR) is 73.2 cm³/mol. The molecule has 0 aliphatic carbocycles. The molecule has 20 heavy (non-hydrogen) atoms. The van der Waals surface area contributed by atoms with Gasteiger partial charge < -0.3 is 14.9 Å². The molecule has 106 valence electrons. The summed E-state index contributed by atoms with van der Waals surface area (Å²) in [6, 6.07) is 7.08. The Hall–Kier alpha value is -1.92. The molecule has 0 saturated heterocycles. The number of aliphatic hydroxyl groups excluding tert-OH is 1. The summed E-state index contributed by atoms with van der Waals surface area (Å²) in [5.74, 6) is 0.701. The number of hydrogen-bond donors (Lipinski definition) is 2. The Balaban J connectivity index is 1.92. The largest absolute Gasteiger partial charge is 0.395 e. The lowest BCUT2D eigenvalue weighted by molar-refractivity contribution is -0.121. The number of benzene rings is 1. The SMILES string of the molecule is O=C(CCc1nc(-c2ccc(Cl)cc2)no1)NCCO. The van der Waals surface area contributed by atoms with E-state index in [9.17, 15) is 4.79 Å². The highest BCUT2D eigenvalue weighted by Gasteiger charge is 2.10. The van der Waals surface area contributed by atoms with Crippen molar-refractivity contribution in [1.82, 2.24) is 15.5 Å². The van der Waals surface area contributed by atoms with Gasteiger partial charge >= 0.3 is 0 Å². The molecule has 1 aromatic heterocycles. The van der Waals surface area contributed by atoms with Crippen LogP contribution in [0.3, 0.4) is 0 Å². The van der Waals surface area contributed by atoms with E-state index in [2.05, 4.69) is 15.5 Å². The standard InChI is InChI=1S/C13H14ClN3O3/c14-10-3-1-9(2-4-10)13-16-12(20-17-13)6-5-11(19)15-7-8-18/h1-4,18H,5-8H2,(H,15,19). The highest BCUT2D eigenvalue weighted by molar-refractivity contribution is 6.30. The van der Waals surface area contributed by atoms with Crippen LogP contribution < -0.4 is 5.32 Å². The zero-order valence-electron chi connectivity index (χ0n) is 10.7. The van der Waals surface area contributed by atoms with E-state index >= 15 is 0 Å². The van der Waals surface area contributed by atoms with E-state index in [-0.39, 0.29) is 25.5 Å². The monoisotopic (exact) mass is 295 g/mol. The van der Waals surface area contributed by atoms with Crippen LogP contribution in [0, 0.1) is 0 Å². The molecule has 0 atom stereocenters.